The maximum atomic E-state index is 13.0. The first-order valence-corrected chi connectivity index (χ1v) is 10.5. The molecule has 4 rings (SSSR count). The smallest absolute Gasteiger partial charge is 0.225 e. The molecule has 0 aliphatic carbocycles. The fraction of sp³-hybridized carbons (Fsp3) is 0.286. The Morgan fingerprint density at radius 2 is 1.74 bits per heavy atom. The lowest BCUT2D eigenvalue weighted by Crippen LogP contribution is -2.49. The molecule has 1 aliphatic rings. The van der Waals surface area contributed by atoms with E-state index in [2.05, 4.69) is 26.3 Å². The highest BCUT2D eigenvalue weighted by molar-refractivity contribution is 7.08. The number of carbonyl (C=O) groups is 1. The van der Waals surface area contributed by atoms with Crippen molar-refractivity contribution in [2.45, 2.75) is 12.5 Å². The fourth-order valence-electron chi connectivity index (χ4n) is 3.58. The summed E-state index contributed by atoms with van der Waals surface area (Å²) < 4.78 is 2.13. The van der Waals surface area contributed by atoms with Crippen LogP contribution in [0.15, 0.2) is 65.6 Å². The first-order valence-electron chi connectivity index (χ1n) is 9.13. The Morgan fingerprint density at radius 3 is 2.37 bits per heavy atom. The summed E-state index contributed by atoms with van der Waals surface area (Å²) in [5.74, 6) is 0.218. The number of rotatable bonds is 5. The molecule has 140 valence electrons. The van der Waals surface area contributed by atoms with E-state index in [0.29, 0.717) is 6.42 Å². The van der Waals surface area contributed by atoms with Gasteiger partial charge < -0.3 is 14.4 Å². The summed E-state index contributed by atoms with van der Waals surface area (Å²) >= 11 is 7.65. The molecule has 3 aromatic rings. The topological polar surface area (TPSA) is 28.5 Å². The maximum absolute atomic E-state index is 13.0. The zero-order valence-electron chi connectivity index (χ0n) is 15.0. The van der Waals surface area contributed by atoms with Crippen molar-refractivity contribution in [3.63, 3.8) is 0 Å². The minimum atomic E-state index is 0.0630. The number of piperazine rings is 1. The van der Waals surface area contributed by atoms with E-state index in [1.54, 1.807) is 11.3 Å². The molecule has 1 fully saturated rings. The van der Waals surface area contributed by atoms with Crippen LogP contribution in [0.3, 0.4) is 0 Å². The van der Waals surface area contributed by atoms with Gasteiger partial charge in [-0.1, -0.05) is 11.6 Å². The molecule has 0 N–H and O–H groups in total. The third-order valence-corrected chi connectivity index (χ3v) is 6.06. The van der Waals surface area contributed by atoms with Crippen LogP contribution in [-0.4, -0.2) is 41.6 Å². The van der Waals surface area contributed by atoms with Crippen molar-refractivity contribution >= 4 is 34.5 Å². The highest BCUT2D eigenvalue weighted by Crippen LogP contribution is 2.26. The van der Waals surface area contributed by atoms with Gasteiger partial charge in [0.05, 0.1) is 12.5 Å². The number of nitrogens with zero attached hydrogens (tertiary/aromatic N) is 3. The number of carbonyl (C=O) groups excluding carboxylic acids is 1. The van der Waals surface area contributed by atoms with Crippen LogP contribution in [0, 0.1) is 0 Å². The SMILES string of the molecule is O=C(CC(c1ccsc1)n1cccc1)N1CCN(c2ccc(Cl)cc2)CC1. The van der Waals surface area contributed by atoms with Crippen LogP contribution < -0.4 is 4.90 Å². The van der Waals surface area contributed by atoms with Gasteiger partial charge in [-0.3, -0.25) is 4.79 Å². The number of halogens is 1. The van der Waals surface area contributed by atoms with Crippen molar-refractivity contribution in [1.82, 2.24) is 9.47 Å². The molecule has 27 heavy (non-hydrogen) atoms. The van der Waals surface area contributed by atoms with Crippen LogP contribution >= 0.6 is 22.9 Å². The van der Waals surface area contributed by atoms with Crippen LogP contribution in [0.1, 0.15) is 18.0 Å². The van der Waals surface area contributed by atoms with Crippen molar-refractivity contribution in [2.75, 3.05) is 31.1 Å². The summed E-state index contributed by atoms with van der Waals surface area (Å²) in [7, 11) is 0. The van der Waals surface area contributed by atoms with Crippen molar-refractivity contribution in [3.8, 4) is 0 Å². The molecule has 3 heterocycles. The first-order chi connectivity index (χ1) is 13.2. The van der Waals surface area contributed by atoms with E-state index in [-0.39, 0.29) is 11.9 Å². The number of aromatic nitrogens is 1. The molecule has 1 aliphatic heterocycles. The Kier molecular flexibility index (Phi) is 5.50. The molecule has 1 amide bonds. The fourth-order valence-corrected chi connectivity index (χ4v) is 4.41. The monoisotopic (exact) mass is 399 g/mol. The molecule has 1 atom stereocenters. The summed E-state index contributed by atoms with van der Waals surface area (Å²) in [5.41, 5.74) is 2.36. The Balaban J connectivity index is 1.39. The van der Waals surface area contributed by atoms with Crippen LogP contribution in [-0.2, 0) is 4.79 Å². The number of amides is 1. The third-order valence-electron chi connectivity index (χ3n) is 5.11. The second-order valence-corrected chi connectivity index (χ2v) is 7.97. The number of anilines is 1. The van der Waals surface area contributed by atoms with Crippen LogP contribution in [0.2, 0.25) is 5.02 Å². The number of benzene rings is 1. The van der Waals surface area contributed by atoms with Gasteiger partial charge in [0.1, 0.15) is 0 Å². The largest absolute Gasteiger partial charge is 0.368 e. The first kappa shape index (κ1) is 18.1. The van der Waals surface area contributed by atoms with E-state index in [4.69, 9.17) is 11.6 Å². The number of hydrogen-bond donors (Lipinski definition) is 0. The van der Waals surface area contributed by atoms with Gasteiger partial charge in [-0.15, -0.1) is 0 Å². The molecular weight excluding hydrogens is 378 g/mol. The zero-order chi connectivity index (χ0) is 18.6. The summed E-state index contributed by atoms with van der Waals surface area (Å²) in [5, 5.41) is 4.95. The van der Waals surface area contributed by atoms with E-state index in [1.165, 1.54) is 5.56 Å². The summed E-state index contributed by atoms with van der Waals surface area (Å²) in [6, 6.07) is 14.1. The highest BCUT2D eigenvalue weighted by atomic mass is 35.5. The lowest BCUT2D eigenvalue weighted by atomic mass is 10.1. The molecule has 0 radical (unpaired) electrons. The van der Waals surface area contributed by atoms with E-state index in [0.717, 1.165) is 36.9 Å². The van der Waals surface area contributed by atoms with E-state index >= 15 is 0 Å². The lowest BCUT2D eigenvalue weighted by molar-refractivity contribution is -0.132. The van der Waals surface area contributed by atoms with Crippen molar-refractivity contribution in [3.05, 3.63) is 76.2 Å². The van der Waals surface area contributed by atoms with E-state index < -0.39 is 0 Å². The Hall–Kier alpha value is -2.24. The van der Waals surface area contributed by atoms with Gasteiger partial charge in [0.15, 0.2) is 0 Å². The zero-order valence-corrected chi connectivity index (χ0v) is 16.6. The number of hydrogen-bond acceptors (Lipinski definition) is 3. The Labute approximate surface area is 168 Å². The lowest BCUT2D eigenvalue weighted by Gasteiger charge is -2.36. The van der Waals surface area contributed by atoms with Crippen molar-refractivity contribution < 1.29 is 4.79 Å². The van der Waals surface area contributed by atoms with Crippen molar-refractivity contribution in [2.24, 2.45) is 0 Å². The van der Waals surface area contributed by atoms with Gasteiger partial charge >= 0.3 is 0 Å². The molecule has 4 nitrogen and oxygen atoms in total. The Morgan fingerprint density at radius 1 is 1.04 bits per heavy atom. The van der Waals surface area contributed by atoms with E-state index in [1.807, 2.05) is 53.7 Å². The van der Waals surface area contributed by atoms with Gasteiger partial charge in [0.2, 0.25) is 5.91 Å². The van der Waals surface area contributed by atoms with E-state index in [9.17, 15) is 4.79 Å². The van der Waals surface area contributed by atoms with Crippen LogP contribution in [0.25, 0.3) is 0 Å². The molecule has 6 heteroatoms. The molecule has 1 aromatic carbocycles. The average Bonchev–Trinajstić information content (AvgIpc) is 3.41. The molecule has 1 unspecified atom stereocenters. The normalized spacial score (nSPS) is 15.7. The summed E-state index contributed by atoms with van der Waals surface area (Å²) in [4.78, 5) is 17.3. The second kappa shape index (κ2) is 8.19. The predicted molar refractivity (Wildman–Crippen MR) is 112 cm³/mol. The maximum Gasteiger partial charge on any atom is 0.225 e. The van der Waals surface area contributed by atoms with Gasteiger partial charge in [-0.25, -0.2) is 0 Å². The second-order valence-electron chi connectivity index (χ2n) is 6.75. The standard InChI is InChI=1S/C21H22ClN3OS/c22-18-3-5-19(6-4-18)23-10-12-25(13-11-23)21(26)15-20(17-7-14-27-16-17)24-8-1-2-9-24/h1-9,14,16,20H,10-13,15H2. The Bertz CT molecular complexity index is 819. The summed E-state index contributed by atoms with van der Waals surface area (Å²) in [6.07, 6.45) is 4.56. The molecule has 2 aromatic heterocycles. The van der Waals surface area contributed by atoms with Crippen LogP contribution in [0.4, 0.5) is 5.69 Å². The minimum Gasteiger partial charge on any atom is -0.368 e. The third kappa shape index (κ3) is 4.20. The predicted octanol–water partition coefficient (Wildman–Crippen LogP) is 4.53. The van der Waals surface area contributed by atoms with Gasteiger partial charge in [0, 0.05) is 49.3 Å². The van der Waals surface area contributed by atoms with Gasteiger partial charge in [-0.05, 0) is 58.8 Å². The summed E-state index contributed by atoms with van der Waals surface area (Å²) in [6.45, 7) is 3.20. The molecule has 1 saturated heterocycles. The quantitative estimate of drug-likeness (QED) is 0.630. The van der Waals surface area contributed by atoms with Crippen molar-refractivity contribution in [1.29, 1.82) is 0 Å². The van der Waals surface area contributed by atoms with Crippen LogP contribution in [0.5, 0.6) is 0 Å². The van der Waals surface area contributed by atoms with Gasteiger partial charge in [-0.2, -0.15) is 11.3 Å². The molecular formula is C21H22ClN3OS. The highest BCUT2D eigenvalue weighted by Gasteiger charge is 2.25. The molecule has 0 spiro atoms. The van der Waals surface area contributed by atoms with Gasteiger partial charge in [0.25, 0.3) is 0 Å². The molecule has 0 saturated carbocycles. The molecule has 0 bridgehead atoms. The minimum absolute atomic E-state index is 0.0630. The number of thiophene rings is 1. The average molecular weight is 400 g/mol.